The topological polar surface area (TPSA) is 124 Å². The van der Waals surface area contributed by atoms with Crippen LogP contribution < -0.4 is 9.47 Å². The van der Waals surface area contributed by atoms with Crippen molar-refractivity contribution >= 4 is 38.6 Å². The summed E-state index contributed by atoms with van der Waals surface area (Å²) in [4.78, 5) is 12.3. The Balaban J connectivity index is 1.16. The molecule has 0 radical (unpaired) electrons. The SMILES string of the molecule is COc1cc([C@@H](CC(=O)O)c2ccc(Cl)c(CN3C[C@@H](C)Oc4cc(C5CCCC(C6CCCC6)CC5)ccc4S3(=O)=O)c2)cc2nnn(C)c12. The summed E-state index contributed by atoms with van der Waals surface area (Å²) in [6.45, 7) is 2.03. The largest absolute Gasteiger partial charge is 0.494 e. The monoisotopic (exact) mass is 734 g/mol. The summed E-state index contributed by atoms with van der Waals surface area (Å²) in [6.07, 6.45) is 10.9. The summed E-state index contributed by atoms with van der Waals surface area (Å²) >= 11 is 6.73. The fourth-order valence-corrected chi connectivity index (χ4v) is 10.6. The molecule has 0 amide bonds. The lowest BCUT2D eigenvalue weighted by Gasteiger charge is -2.23. The zero-order chi connectivity index (χ0) is 35.9. The summed E-state index contributed by atoms with van der Waals surface area (Å²) in [6, 6.07) is 14.6. The van der Waals surface area contributed by atoms with E-state index in [1.807, 2.05) is 31.2 Å². The predicted octanol–water partition coefficient (Wildman–Crippen LogP) is 8.06. The molecule has 1 aromatic heterocycles. The zero-order valence-corrected chi connectivity index (χ0v) is 31.1. The lowest BCUT2D eigenvalue weighted by molar-refractivity contribution is -0.137. The van der Waals surface area contributed by atoms with Crippen molar-refractivity contribution in [1.29, 1.82) is 0 Å². The van der Waals surface area contributed by atoms with Crippen LogP contribution in [0.4, 0.5) is 0 Å². The average Bonchev–Trinajstić information content (AvgIpc) is 3.68. The minimum absolute atomic E-state index is 0.00138. The van der Waals surface area contributed by atoms with Crippen molar-refractivity contribution in [3.63, 3.8) is 0 Å². The number of hydrogen-bond acceptors (Lipinski definition) is 7. The van der Waals surface area contributed by atoms with E-state index in [-0.39, 0.29) is 24.4 Å². The maximum absolute atomic E-state index is 14.3. The molecule has 3 aliphatic rings. The molecule has 0 bridgehead atoms. The molecule has 10 nitrogen and oxygen atoms in total. The van der Waals surface area contributed by atoms with Gasteiger partial charge in [0.05, 0.1) is 20.1 Å². The number of hydrogen-bond donors (Lipinski definition) is 1. The van der Waals surface area contributed by atoms with E-state index >= 15 is 0 Å². The van der Waals surface area contributed by atoms with E-state index in [4.69, 9.17) is 21.1 Å². The highest BCUT2D eigenvalue weighted by atomic mass is 35.5. The summed E-state index contributed by atoms with van der Waals surface area (Å²) in [5.74, 6) is 1.47. The van der Waals surface area contributed by atoms with Crippen LogP contribution >= 0.6 is 11.6 Å². The summed E-state index contributed by atoms with van der Waals surface area (Å²) in [5.41, 5.74) is 4.38. The molecule has 12 heteroatoms. The van der Waals surface area contributed by atoms with Crippen LogP contribution in [0.5, 0.6) is 11.5 Å². The number of nitrogens with zero attached hydrogens (tertiary/aromatic N) is 4. The van der Waals surface area contributed by atoms with Gasteiger partial charge in [-0.3, -0.25) is 4.79 Å². The van der Waals surface area contributed by atoms with Gasteiger partial charge in [0, 0.05) is 24.5 Å². The Morgan fingerprint density at radius 1 is 1.00 bits per heavy atom. The number of aryl methyl sites for hydroxylation is 1. The molecule has 51 heavy (non-hydrogen) atoms. The van der Waals surface area contributed by atoms with Gasteiger partial charge in [-0.15, -0.1) is 5.10 Å². The van der Waals surface area contributed by atoms with Gasteiger partial charge < -0.3 is 14.6 Å². The molecule has 4 atom stereocenters. The quantitative estimate of drug-likeness (QED) is 0.171. The second-order valence-electron chi connectivity index (χ2n) is 14.7. The first-order chi connectivity index (χ1) is 24.5. The van der Waals surface area contributed by atoms with E-state index in [0.717, 1.165) is 30.2 Å². The molecule has 2 aliphatic carbocycles. The molecule has 0 spiro atoms. The van der Waals surface area contributed by atoms with Gasteiger partial charge >= 0.3 is 5.97 Å². The molecule has 2 unspecified atom stereocenters. The Morgan fingerprint density at radius 2 is 1.76 bits per heavy atom. The molecule has 2 heterocycles. The molecule has 2 saturated carbocycles. The van der Waals surface area contributed by atoms with Gasteiger partial charge in [-0.25, -0.2) is 13.1 Å². The van der Waals surface area contributed by atoms with Crippen LogP contribution in [0.25, 0.3) is 11.0 Å². The molecule has 0 saturated heterocycles. The zero-order valence-electron chi connectivity index (χ0n) is 29.6. The molecule has 7 rings (SSSR count). The Morgan fingerprint density at radius 3 is 2.53 bits per heavy atom. The van der Waals surface area contributed by atoms with E-state index in [1.165, 1.54) is 49.3 Å². The number of ether oxygens (including phenoxy) is 2. The fourth-order valence-electron chi connectivity index (χ4n) is 8.83. The molecule has 2 fully saturated rings. The van der Waals surface area contributed by atoms with Crippen molar-refractivity contribution in [3.05, 3.63) is 75.8 Å². The normalized spacial score (nSPS) is 23.3. The average molecular weight is 735 g/mol. The first-order valence-corrected chi connectivity index (χ1v) is 20.0. The second kappa shape index (κ2) is 14.8. The first-order valence-electron chi connectivity index (χ1n) is 18.2. The highest BCUT2D eigenvalue weighted by Gasteiger charge is 2.35. The number of aromatic nitrogens is 3. The van der Waals surface area contributed by atoms with Crippen LogP contribution in [-0.4, -0.2) is 58.6 Å². The van der Waals surface area contributed by atoms with Gasteiger partial charge in [0.15, 0.2) is 0 Å². The summed E-state index contributed by atoms with van der Waals surface area (Å²) < 4.78 is 43.6. The van der Waals surface area contributed by atoms with Gasteiger partial charge in [0.25, 0.3) is 0 Å². The number of sulfonamides is 1. The van der Waals surface area contributed by atoms with Crippen LogP contribution in [0.3, 0.4) is 0 Å². The third-order valence-electron chi connectivity index (χ3n) is 11.4. The Hall–Kier alpha value is -3.67. The highest BCUT2D eigenvalue weighted by molar-refractivity contribution is 7.89. The van der Waals surface area contributed by atoms with Gasteiger partial charge in [0.1, 0.15) is 33.5 Å². The van der Waals surface area contributed by atoms with Crippen LogP contribution in [0.2, 0.25) is 5.02 Å². The minimum Gasteiger partial charge on any atom is -0.494 e. The maximum Gasteiger partial charge on any atom is 0.304 e. The van der Waals surface area contributed by atoms with E-state index < -0.39 is 28.0 Å². The Bertz CT molecular complexity index is 2030. The molecule has 1 aliphatic heterocycles. The summed E-state index contributed by atoms with van der Waals surface area (Å²) in [7, 11) is -0.642. The van der Waals surface area contributed by atoms with Gasteiger partial charge in [-0.05, 0) is 96.5 Å². The van der Waals surface area contributed by atoms with E-state index in [0.29, 0.717) is 50.2 Å². The standard InChI is InChI=1S/C39H47ClN4O6S/c1-24-22-44(51(47,48)37-16-14-28(19-35(37)50-24)27-10-6-9-26(11-12-27)25-7-4-5-8-25)23-31-17-29(13-15-33(31)40)32(21-38(45)46)30-18-34-39(36(20-30)49-3)43(2)42-41-34/h13-20,24-27,32H,4-12,21-23H2,1-3H3,(H,45,46)/t24-,26?,27?,32+/m1/s1. The number of rotatable bonds is 9. The van der Waals surface area contributed by atoms with Crippen molar-refractivity contribution < 1.29 is 27.8 Å². The number of carboxylic acids is 1. The number of benzene rings is 3. The van der Waals surface area contributed by atoms with E-state index in [2.05, 4.69) is 10.3 Å². The molecule has 4 aromatic rings. The number of aliphatic carboxylic acids is 1. The van der Waals surface area contributed by atoms with Crippen molar-refractivity contribution in [2.24, 2.45) is 18.9 Å². The Kier molecular flexibility index (Phi) is 10.3. The lowest BCUT2D eigenvalue weighted by Crippen LogP contribution is -2.35. The van der Waals surface area contributed by atoms with Crippen molar-refractivity contribution in [1.82, 2.24) is 19.3 Å². The maximum atomic E-state index is 14.3. The Labute approximate surface area is 305 Å². The first kappa shape index (κ1) is 35.7. The third kappa shape index (κ3) is 7.35. The number of halogens is 1. The number of methoxy groups -OCH3 is 1. The van der Waals surface area contributed by atoms with Gasteiger partial charge in [-0.1, -0.05) is 73.5 Å². The van der Waals surface area contributed by atoms with Gasteiger partial charge in [0.2, 0.25) is 10.0 Å². The van der Waals surface area contributed by atoms with Crippen LogP contribution in [0.15, 0.2) is 53.4 Å². The smallest absolute Gasteiger partial charge is 0.304 e. The second-order valence-corrected chi connectivity index (χ2v) is 17.1. The van der Waals surface area contributed by atoms with Crippen LogP contribution in [0.1, 0.15) is 105 Å². The molecular formula is C39H47ClN4O6S. The number of carboxylic acid groups (broad SMARTS) is 1. The van der Waals surface area contributed by atoms with E-state index in [9.17, 15) is 18.3 Å². The third-order valence-corrected chi connectivity index (χ3v) is 13.7. The van der Waals surface area contributed by atoms with Crippen LogP contribution in [-0.2, 0) is 28.4 Å². The lowest BCUT2D eigenvalue weighted by atomic mass is 9.84. The van der Waals surface area contributed by atoms with Crippen LogP contribution in [0, 0.1) is 11.8 Å². The molecular weight excluding hydrogens is 688 g/mol. The van der Waals surface area contributed by atoms with E-state index in [1.54, 1.807) is 43.1 Å². The van der Waals surface area contributed by atoms with Gasteiger partial charge in [-0.2, -0.15) is 4.31 Å². The molecule has 1 N–H and O–H groups in total. The molecule has 272 valence electrons. The minimum atomic E-state index is -3.96. The van der Waals surface area contributed by atoms with Crippen molar-refractivity contribution in [2.75, 3.05) is 13.7 Å². The van der Waals surface area contributed by atoms with Crippen molar-refractivity contribution in [3.8, 4) is 11.5 Å². The predicted molar refractivity (Wildman–Crippen MR) is 196 cm³/mol. The summed E-state index contributed by atoms with van der Waals surface area (Å²) in [5, 5.41) is 18.7. The highest BCUT2D eigenvalue weighted by Crippen LogP contribution is 2.44. The van der Waals surface area contributed by atoms with Crippen molar-refractivity contribution in [2.45, 2.75) is 101 Å². The molecule has 3 aromatic carbocycles. The number of carbonyl (C=O) groups is 1. The number of fused-ring (bicyclic) bond motifs is 2. The fraction of sp³-hybridized carbons (Fsp3) is 0.513.